The number of benzene rings is 1. The maximum Gasteiger partial charge on any atom is 0.236 e. The van der Waals surface area contributed by atoms with Crippen LogP contribution in [0.25, 0.3) is 0 Å². The zero-order valence-electron chi connectivity index (χ0n) is 12.9. The van der Waals surface area contributed by atoms with Gasteiger partial charge in [0, 0.05) is 17.1 Å². The summed E-state index contributed by atoms with van der Waals surface area (Å²) in [4.78, 5) is 12.9. The minimum Gasteiger partial charge on any atom is -0.310 e. The number of hydrogen-bond donors (Lipinski definition) is 1. The molecule has 0 saturated heterocycles. The van der Waals surface area contributed by atoms with E-state index in [4.69, 9.17) is 11.6 Å². The minimum absolute atomic E-state index is 0.0550. The number of aromatic nitrogens is 2. The molecule has 3 rings (SSSR count). The second-order valence-corrected chi connectivity index (χ2v) is 6.33. The van der Waals surface area contributed by atoms with Crippen molar-refractivity contribution in [3.63, 3.8) is 0 Å². The average Bonchev–Trinajstić information content (AvgIpc) is 2.80. The lowest BCUT2D eigenvalue weighted by Crippen LogP contribution is -2.46. The molecule has 0 unspecified atom stereocenters. The summed E-state index contributed by atoms with van der Waals surface area (Å²) in [6, 6.07) is 7.63. The molecule has 0 spiro atoms. The van der Waals surface area contributed by atoms with Crippen molar-refractivity contribution in [2.45, 2.75) is 45.1 Å². The Morgan fingerprint density at radius 1 is 1.36 bits per heavy atom. The van der Waals surface area contributed by atoms with Crippen LogP contribution in [-0.4, -0.2) is 15.7 Å². The van der Waals surface area contributed by atoms with Gasteiger partial charge in [0.1, 0.15) is 5.82 Å². The normalized spacial score (nSPS) is 16.1. The van der Waals surface area contributed by atoms with Crippen LogP contribution in [0.3, 0.4) is 0 Å². The molecule has 0 aliphatic heterocycles. The molecule has 1 aromatic heterocycles. The van der Waals surface area contributed by atoms with Crippen molar-refractivity contribution in [3.05, 3.63) is 46.6 Å². The lowest BCUT2D eigenvalue weighted by atomic mass is 9.64. The van der Waals surface area contributed by atoms with E-state index in [1.165, 1.54) is 0 Å². The molecule has 1 N–H and O–H groups in total. The topological polar surface area (TPSA) is 46.9 Å². The third kappa shape index (κ3) is 2.41. The van der Waals surface area contributed by atoms with Crippen LogP contribution in [0.4, 0.5) is 5.82 Å². The third-order valence-electron chi connectivity index (χ3n) is 4.59. The van der Waals surface area contributed by atoms with Crippen LogP contribution >= 0.6 is 11.6 Å². The molecule has 0 radical (unpaired) electrons. The minimum atomic E-state index is -0.431. The maximum absolute atomic E-state index is 12.9. The third-order valence-corrected chi connectivity index (χ3v) is 4.84. The Morgan fingerprint density at radius 2 is 2.05 bits per heavy atom. The summed E-state index contributed by atoms with van der Waals surface area (Å²) >= 11 is 5.97. The van der Waals surface area contributed by atoms with Crippen LogP contribution in [0.2, 0.25) is 5.02 Å². The molecule has 0 bridgehead atoms. The Balaban J connectivity index is 1.89. The molecule has 1 fully saturated rings. The number of hydrogen-bond acceptors (Lipinski definition) is 2. The number of carbonyl (C=O) groups excluding carboxylic acids is 1. The Hall–Kier alpha value is -1.81. The summed E-state index contributed by atoms with van der Waals surface area (Å²) in [5.74, 6) is 0.854. The van der Waals surface area contributed by atoms with Crippen LogP contribution in [0.5, 0.6) is 0 Å². The monoisotopic (exact) mass is 317 g/mol. The molecule has 4 nitrogen and oxygen atoms in total. The summed E-state index contributed by atoms with van der Waals surface area (Å²) in [6.45, 7) is 4.71. The molecule has 1 saturated carbocycles. The van der Waals surface area contributed by atoms with Crippen molar-refractivity contribution in [2.24, 2.45) is 0 Å². The van der Waals surface area contributed by atoms with Crippen molar-refractivity contribution in [1.29, 1.82) is 0 Å². The number of rotatable bonds is 4. The Bertz CT molecular complexity index is 686. The molecule has 1 aliphatic carbocycles. The first-order valence-electron chi connectivity index (χ1n) is 7.67. The Kier molecular flexibility index (Phi) is 3.96. The molecule has 22 heavy (non-hydrogen) atoms. The van der Waals surface area contributed by atoms with Gasteiger partial charge in [-0.2, -0.15) is 5.10 Å². The fourth-order valence-electron chi connectivity index (χ4n) is 3.05. The number of amides is 1. The van der Waals surface area contributed by atoms with Crippen LogP contribution in [-0.2, 0) is 16.8 Å². The number of anilines is 1. The molecule has 1 aliphatic rings. The van der Waals surface area contributed by atoms with Gasteiger partial charge in [0.05, 0.1) is 11.6 Å². The molecule has 0 atom stereocenters. The van der Waals surface area contributed by atoms with E-state index in [9.17, 15) is 4.79 Å². The summed E-state index contributed by atoms with van der Waals surface area (Å²) in [5, 5.41) is 8.07. The van der Waals surface area contributed by atoms with Gasteiger partial charge in [0.2, 0.25) is 5.91 Å². The van der Waals surface area contributed by atoms with E-state index in [1.807, 2.05) is 42.8 Å². The predicted octanol–water partition coefficient (Wildman–Crippen LogP) is 3.93. The molecule has 1 amide bonds. The maximum atomic E-state index is 12.9. The van der Waals surface area contributed by atoms with Crippen molar-refractivity contribution in [1.82, 2.24) is 9.78 Å². The summed E-state index contributed by atoms with van der Waals surface area (Å²) in [5.41, 5.74) is 1.60. The molecule has 5 heteroatoms. The average molecular weight is 318 g/mol. The molecular formula is C17H20ClN3O. The number of nitrogens with zero attached hydrogens (tertiary/aromatic N) is 2. The predicted molar refractivity (Wildman–Crippen MR) is 88.2 cm³/mol. The summed E-state index contributed by atoms with van der Waals surface area (Å²) in [6.07, 6.45) is 4.61. The van der Waals surface area contributed by atoms with Crippen molar-refractivity contribution in [3.8, 4) is 0 Å². The van der Waals surface area contributed by atoms with Crippen molar-refractivity contribution in [2.75, 3.05) is 5.32 Å². The first-order chi connectivity index (χ1) is 10.6. The quantitative estimate of drug-likeness (QED) is 0.929. The first-order valence-corrected chi connectivity index (χ1v) is 8.04. The van der Waals surface area contributed by atoms with Crippen LogP contribution in [0.1, 0.15) is 37.3 Å². The van der Waals surface area contributed by atoms with Gasteiger partial charge in [0.15, 0.2) is 0 Å². The van der Waals surface area contributed by atoms with Crippen LogP contribution in [0, 0.1) is 6.92 Å². The van der Waals surface area contributed by atoms with Crippen LogP contribution < -0.4 is 5.32 Å². The highest BCUT2D eigenvalue weighted by Crippen LogP contribution is 2.45. The molecule has 1 aromatic carbocycles. The Labute approximate surface area is 135 Å². The highest BCUT2D eigenvalue weighted by Gasteiger charge is 2.45. The van der Waals surface area contributed by atoms with E-state index in [2.05, 4.69) is 10.4 Å². The van der Waals surface area contributed by atoms with Crippen molar-refractivity contribution >= 4 is 23.3 Å². The zero-order chi connectivity index (χ0) is 15.7. The van der Waals surface area contributed by atoms with Crippen molar-refractivity contribution < 1.29 is 4.79 Å². The standard InChI is InChI=1S/C17H20ClN3O/c1-3-21-15(12(2)11-19-21)20-16(22)17(9-4-10-17)13-5-7-14(18)8-6-13/h5-8,11H,3-4,9-10H2,1-2H3,(H,20,22). The van der Waals surface area contributed by atoms with Gasteiger partial charge < -0.3 is 5.32 Å². The van der Waals surface area contributed by atoms with E-state index in [1.54, 1.807) is 6.20 Å². The van der Waals surface area contributed by atoms with Gasteiger partial charge in [-0.15, -0.1) is 0 Å². The molecule has 2 aromatic rings. The summed E-state index contributed by atoms with van der Waals surface area (Å²) < 4.78 is 1.82. The Morgan fingerprint density at radius 3 is 2.59 bits per heavy atom. The van der Waals surface area contributed by atoms with Gasteiger partial charge in [-0.1, -0.05) is 30.2 Å². The van der Waals surface area contributed by atoms with Gasteiger partial charge >= 0.3 is 0 Å². The number of aryl methyl sites for hydroxylation is 2. The molecule has 1 heterocycles. The SMILES string of the molecule is CCn1ncc(C)c1NC(=O)C1(c2ccc(Cl)cc2)CCC1. The lowest BCUT2D eigenvalue weighted by molar-refractivity contribution is -0.124. The second-order valence-electron chi connectivity index (χ2n) is 5.89. The first kappa shape index (κ1) is 15.1. The van der Waals surface area contributed by atoms with Gasteiger partial charge in [-0.05, 0) is 44.4 Å². The largest absolute Gasteiger partial charge is 0.310 e. The zero-order valence-corrected chi connectivity index (χ0v) is 13.7. The smallest absolute Gasteiger partial charge is 0.236 e. The highest BCUT2D eigenvalue weighted by molar-refractivity contribution is 6.30. The fraction of sp³-hybridized carbons (Fsp3) is 0.412. The van der Waals surface area contributed by atoms with E-state index in [-0.39, 0.29) is 5.91 Å². The summed E-state index contributed by atoms with van der Waals surface area (Å²) in [7, 11) is 0. The number of halogens is 1. The number of carbonyl (C=O) groups is 1. The van der Waals surface area contributed by atoms with Gasteiger partial charge in [-0.25, -0.2) is 4.68 Å². The van der Waals surface area contributed by atoms with Crippen LogP contribution in [0.15, 0.2) is 30.5 Å². The molecule has 116 valence electrons. The highest BCUT2D eigenvalue weighted by atomic mass is 35.5. The fourth-order valence-corrected chi connectivity index (χ4v) is 3.18. The van der Waals surface area contributed by atoms with E-state index in [0.717, 1.165) is 42.8 Å². The van der Waals surface area contributed by atoms with E-state index < -0.39 is 5.41 Å². The molecular weight excluding hydrogens is 298 g/mol. The van der Waals surface area contributed by atoms with Gasteiger partial charge in [-0.3, -0.25) is 4.79 Å². The van der Waals surface area contributed by atoms with E-state index >= 15 is 0 Å². The van der Waals surface area contributed by atoms with Gasteiger partial charge in [0.25, 0.3) is 0 Å². The lowest BCUT2D eigenvalue weighted by Gasteiger charge is -2.40. The second kappa shape index (κ2) is 5.76. The number of nitrogens with one attached hydrogen (secondary N) is 1. The van der Waals surface area contributed by atoms with E-state index in [0.29, 0.717) is 5.02 Å².